The van der Waals surface area contributed by atoms with E-state index in [2.05, 4.69) is 0 Å². The fraction of sp³-hybridized carbons (Fsp3) is 0.500. The van der Waals surface area contributed by atoms with Gasteiger partial charge in [-0.05, 0) is 18.3 Å². The minimum Gasteiger partial charge on any atom is -0.460 e. The normalized spacial score (nSPS) is 21.6. The molecule has 1 saturated carbocycles. The van der Waals surface area contributed by atoms with Gasteiger partial charge in [-0.1, -0.05) is 49.2 Å². The second-order valence-corrected chi connectivity index (χ2v) is 7.36. The van der Waals surface area contributed by atoms with Gasteiger partial charge in [-0.15, -0.1) is 0 Å². The van der Waals surface area contributed by atoms with E-state index in [1.807, 2.05) is 32.9 Å². The summed E-state index contributed by atoms with van der Waals surface area (Å²) in [4.78, 5) is 12.3. The Morgan fingerprint density at radius 1 is 1.16 bits per heavy atom. The maximum absolute atomic E-state index is 14.2. The Balaban J connectivity index is 2.18. The van der Waals surface area contributed by atoms with Gasteiger partial charge in [-0.2, -0.15) is 0 Å². The van der Waals surface area contributed by atoms with E-state index in [4.69, 9.17) is 32.7 Å². The molecule has 2 atom stereocenters. The number of esters is 1. The van der Waals surface area contributed by atoms with Crippen molar-refractivity contribution in [3.8, 4) is 0 Å². The number of carbonyl (C=O) groups is 1. The Morgan fingerprint density at radius 3 is 2.20 bits per heavy atom. The van der Waals surface area contributed by atoms with E-state index >= 15 is 0 Å². The Kier molecular flexibility index (Phi) is 6.13. The lowest BCUT2D eigenvalue weighted by atomic mass is 10.1. The van der Waals surface area contributed by atoms with E-state index in [9.17, 15) is 13.6 Å². The zero-order valence-electron chi connectivity index (χ0n) is 14.5. The molecule has 138 valence electrons. The van der Waals surface area contributed by atoms with Crippen LogP contribution in [0.1, 0.15) is 31.9 Å². The van der Waals surface area contributed by atoms with Gasteiger partial charge in [0.05, 0.1) is 28.1 Å². The third-order valence-corrected chi connectivity index (χ3v) is 5.45. The summed E-state index contributed by atoms with van der Waals surface area (Å²) in [7, 11) is 1.30. The number of halogens is 4. The molecular weight excluding hydrogens is 373 g/mol. The molecule has 1 aromatic carbocycles. The average molecular weight is 393 g/mol. The first-order valence-corrected chi connectivity index (χ1v) is 8.56. The van der Waals surface area contributed by atoms with E-state index in [1.54, 1.807) is 0 Å². The van der Waals surface area contributed by atoms with Crippen LogP contribution in [0.25, 0.3) is 0 Å². The second kappa shape index (κ2) is 7.60. The summed E-state index contributed by atoms with van der Waals surface area (Å²) in [6, 6.07) is 0. The van der Waals surface area contributed by atoms with Crippen LogP contribution in [-0.4, -0.2) is 13.1 Å². The maximum Gasteiger partial charge on any atom is 0.310 e. The lowest BCUT2D eigenvalue weighted by Gasteiger charge is -2.14. The van der Waals surface area contributed by atoms with Crippen LogP contribution in [0.5, 0.6) is 0 Å². The zero-order chi connectivity index (χ0) is 18.9. The van der Waals surface area contributed by atoms with Crippen LogP contribution in [0.15, 0.2) is 12.2 Å². The molecule has 0 unspecified atom stereocenters. The van der Waals surface area contributed by atoms with Crippen molar-refractivity contribution in [3.05, 3.63) is 45.0 Å². The minimum absolute atomic E-state index is 0.0773. The van der Waals surface area contributed by atoms with Crippen molar-refractivity contribution in [1.82, 2.24) is 0 Å². The summed E-state index contributed by atoms with van der Waals surface area (Å²) in [5.41, 5.74) is -0.660. The lowest BCUT2D eigenvalue weighted by Crippen LogP contribution is -2.12. The van der Waals surface area contributed by atoms with Crippen molar-refractivity contribution in [3.63, 3.8) is 0 Å². The van der Waals surface area contributed by atoms with Crippen molar-refractivity contribution >= 4 is 29.2 Å². The summed E-state index contributed by atoms with van der Waals surface area (Å²) >= 11 is 11.9. The van der Waals surface area contributed by atoms with Crippen molar-refractivity contribution in [2.45, 2.75) is 34.0 Å². The molecule has 0 bridgehead atoms. The van der Waals surface area contributed by atoms with Crippen LogP contribution in [0.4, 0.5) is 8.78 Å². The summed E-state index contributed by atoms with van der Waals surface area (Å²) < 4.78 is 38.4. The summed E-state index contributed by atoms with van der Waals surface area (Å²) in [5, 5.41) is -0.738. The quantitative estimate of drug-likeness (QED) is 0.373. The number of carbonyl (C=O) groups excluding carboxylic acids is 1. The SMILES string of the molecule is C/C=C\[C@@H]1[C@@H](C(=O)OCc2c(Cl)c(F)c(COC)c(F)c2Cl)C1(C)C. The molecule has 0 amide bonds. The number of methoxy groups -OCH3 is 1. The summed E-state index contributed by atoms with van der Waals surface area (Å²) in [5.74, 6) is -2.59. The number of benzene rings is 1. The van der Waals surface area contributed by atoms with Gasteiger partial charge in [0.1, 0.15) is 6.61 Å². The molecule has 1 aliphatic carbocycles. The molecule has 0 saturated heterocycles. The minimum atomic E-state index is -0.963. The molecule has 0 N–H and O–H groups in total. The molecule has 1 fully saturated rings. The van der Waals surface area contributed by atoms with Crippen molar-refractivity contribution in [2.24, 2.45) is 17.3 Å². The zero-order valence-corrected chi connectivity index (χ0v) is 16.0. The molecule has 0 radical (unpaired) electrons. The Bertz CT molecular complexity index is 688. The first-order valence-electron chi connectivity index (χ1n) is 7.80. The van der Waals surface area contributed by atoms with Crippen LogP contribution in [-0.2, 0) is 27.5 Å². The predicted molar refractivity (Wildman–Crippen MR) is 92.5 cm³/mol. The Morgan fingerprint density at radius 2 is 1.72 bits per heavy atom. The molecule has 0 aliphatic heterocycles. The molecule has 7 heteroatoms. The van der Waals surface area contributed by atoms with Gasteiger partial charge in [0, 0.05) is 12.7 Å². The summed E-state index contributed by atoms with van der Waals surface area (Å²) in [6.45, 7) is 5.10. The van der Waals surface area contributed by atoms with Gasteiger partial charge in [0.15, 0.2) is 11.6 Å². The van der Waals surface area contributed by atoms with Crippen LogP contribution < -0.4 is 0 Å². The smallest absolute Gasteiger partial charge is 0.310 e. The van der Waals surface area contributed by atoms with Crippen molar-refractivity contribution in [1.29, 1.82) is 0 Å². The highest BCUT2D eigenvalue weighted by Gasteiger charge is 2.61. The topological polar surface area (TPSA) is 35.5 Å². The first-order chi connectivity index (χ1) is 11.7. The predicted octanol–water partition coefficient (Wildman–Crippen LogP) is 5.31. The largest absolute Gasteiger partial charge is 0.460 e. The third kappa shape index (κ3) is 3.69. The Labute approximate surface area is 155 Å². The molecule has 0 aromatic heterocycles. The van der Waals surface area contributed by atoms with Gasteiger partial charge < -0.3 is 9.47 Å². The van der Waals surface area contributed by atoms with Gasteiger partial charge in [-0.3, -0.25) is 4.79 Å². The third-order valence-electron chi connectivity index (χ3n) is 4.66. The molecule has 0 heterocycles. The van der Waals surface area contributed by atoms with Crippen molar-refractivity contribution in [2.75, 3.05) is 7.11 Å². The average Bonchev–Trinajstić information content (AvgIpc) is 3.10. The number of rotatable bonds is 6. The second-order valence-electron chi connectivity index (χ2n) is 6.60. The van der Waals surface area contributed by atoms with Crippen LogP contribution in [0, 0.1) is 28.9 Å². The molecule has 1 aliphatic rings. The monoisotopic (exact) mass is 392 g/mol. The maximum atomic E-state index is 14.2. The molecule has 3 nitrogen and oxygen atoms in total. The van der Waals surface area contributed by atoms with Gasteiger partial charge in [0.2, 0.25) is 0 Å². The van der Waals surface area contributed by atoms with E-state index in [1.165, 1.54) is 7.11 Å². The molecule has 1 aromatic rings. The van der Waals surface area contributed by atoms with Gasteiger partial charge >= 0.3 is 5.97 Å². The number of ether oxygens (including phenoxy) is 2. The highest BCUT2D eigenvalue weighted by Crippen LogP contribution is 2.59. The highest BCUT2D eigenvalue weighted by atomic mass is 35.5. The van der Waals surface area contributed by atoms with Crippen LogP contribution in [0.3, 0.4) is 0 Å². The number of hydrogen-bond donors (Lipinski definition) is 0. The Hall–Kier alpha value is -1.17. The van der Waals surface area contributed by atoms with Gasteiger partial charge in [0.25, 0.3) is 0 Å². The lowest BCUT2D eigenvalue weighted by molar-refractivity contribution is -0.147. The molecular formula is C18H20Cl2F2O3. The van der Waals surface area contributed by atoms with E-state index in [0.717, 1.165) is 0 Å². The highest BCUT2D eigenvalue weighted by molar-refractivity contribution is 6.36. The van der Waals surface area contributed by atoms with Crippen LogP contribution >= 0.6 is 23.2 Å². The van der Waals surface area contributed by atoms with Crippen molar-refractivity contribution < 1.29 is 23.0 Å². The molecule has 2 rings (SSSR count). The standard InChI is InChI=1S/C18H20Cl2F2O3/c1-5-6-11-12(18(11,2)3)17(23)25-8-9-13(19)15(21)10(7-24-4)16(22)14(9)20/h5-6,11-12H,7-8H2,1-4H3/b6-5-/t11-,12+/m1/s1. The number of allylic oxidation sites excluding steroid dienone is 2. The first kappa shape index (κ1) is 20.1. The van der Waals surface area contributed by atoms with Crippen LogP contribution in [0.2, 0.25) is 10.0 Å². The van der Waals surface area contributed by atoms with E-state index < -0.39 is 24.2 Å². The fourth-order valence-corrected chi connectivity index (χ4v) is 3.62. The van der Waals surface area contributed by atoms with Gasteiger partial charge in [-0.25, -0.2) is 8.78 Å². The number of hydrogen-bond acceptors (Lipinski definition) is 3. The molecule has 25 heavy (non-hydrogen) atoms. The molecule has 0 spiro atoms. The van der Waals surface area contributed by atoms with E-state index in [-0.39, 0.29) is 45.0 Å². The van der Waals surface area contributed by atoms with E-state index in [0.29, 0.717) is 0 Å². The fourth-order valence-electron chi connectivity index (χ4n) is 3.05. The summed E-state index contributed by atoms with van der Waals surface area (Å²) in [6.07, 6.45) is 3.83.